The molecule has 0 spiro atoms. The van der Waals surface area contributed by atoms with Crippen molar-refractivity contribution in [3.8, 4) is 5.88 Å². The Kier molecular flexibility index (Phi) is 12.3. The van der Waals surface area contributed by atoms with Gasteiger partial charge in [-0.2, -0.15) is 0 Å². The van der Waals surface area contributed by atoms with E-state index in [1.165, 1.54) is 38.6 Å². The number of thioether (sulfide) groups is 1. The van der Waals surface area contributed by atoms with E-state index in [-0.39, 0.29) is 37.4 Å². The van der Waals surface area contributed by atoms with Gasteiger partial charge >= 0.3 is 6.09 Å². The zero-order valence-corrected chi connectivity index (χ0v) is 27.0. The molecular weight excluding hydrogens is 621 g/mol. The molecule has 1 aromatic heterocycles. The van der Waals surface area contributed by atoms with Crippen molar-refractivity contribution >= 4 is 70.9 Å². The number of carboxylic acid groups (broad SMARTS) is 1. The number of nitrogens with zero attached hydrogens (tertiary/aromatic N) is 3. The number of halogens is 2. The predicted molar refractivity (Wildman–Crippen MR) is 158 cm³/mol. The van der Waals surface area contributed by atoms with Crippen molar-refractivity contribution in [2.24, 2.45) is 0 Å². The van der Waals surface area contributed by atoms with Gasteiger partial charge in [0.15, 0.2) is 0 Å². The summed E-state index contributed by atoms with van der Waals surface area (Å²) in [7, 11) is -3.19. The van der Waals surface area contributed by atoms with Crippen LogP contribution in [0.3, 0.4) is 0 Å². The highest BCUT2D eigenvalue weighted by Crippen LogP contribution is 2.37. The summed E-state index contributed by atoms with van der Waals surface area (Å²) < 4.78 is 40.2. The quantitative estimate of drug-likeness (QED) is 0.153. The van der Waals surface area contributed by atoms with Gasteiger partial charge in [-0.3, -0.25) is 4.79 Å². The van der Waals surface area contributed by atoms with Crippen LogP contribution in [-0.2, 0) is 19.6 Å². The SMILES string of the molecule is CNC(=O)[C@H](CSc1cnc(N(C(C)OCC[Si](C)(C)C)S(=O)(=O)c2cccc(Cl)c2Cl)c(OC)n1)NC(=O)O. The van der Waals surface area contributed by atoms with Crippen LogP contribution in [0.1, 0.15) is 6.92 Å². The van der Waals surface area contributed by atoms with E-state index in [1.807, 2.05) is 0 Å². The summed E-state index contributed by atoms with van der Waals surface area (Å²) in [6, 6.07) is 3.98. The molecule has 1 heterocycles. The van der Waals surface area contributed by atoms with Crippen LogP contribution in [0.2, 0.25) is 35.7 Å². The van der Waals surface area contributed by atoms with Crippen molar-refractivity contribution in [1.29, 1.82) is 0 Å². The van der Waals surface area contributed by atoms with Crippen molar-refractivity contribution < 1.29 is 32.6 Å². The number of methoxy groups -OCH3 is 1. The first kappa shape index (κ1) is 33.9. The molecule has 2 amide bonds. The lowest BCUT2D eigenvalue weighted by atomic mass is 10.3. The molecule has 222 valence electrons. The summed E-state index contributed by atoms with van der Waals surface area (Å²) in [5.41, 5.74) is 0. The van der Waals surface area contributed by atoms with Gasteiger partial charge in [0.05, 0.1) is 23.4 Å². The van der Waals surface area contributed by atoms with Crippen LogP contribution >= 0.6 is 35.0 Å². The summed E-state index contributed by atoms with van der Waals surface area (Å²) >= 11 is 13.4. The lowest BCUT2D eigenvalue weighted by Crippen LogP contribution is -2.46. The number of ether oxygens (including phenoxy) is 2. The topological polar surface area (TPSA) is 160 Å². The number of hydrogen-bond donors (Lipinski definition) is 3. The molecule has 12 nitrogen and oxygen atoms in total. The molecule has 2 rings (SSSR count). The van der Waals surface area contributed by atoms with Crippen molar-refractivity contribution in [2.45, 2.75) is 54.8 Å². The van der Waals surface area contributed by atoms with E-state index in [1.54, 1.807) is 6.92 Å². The number of carbonyl (C=O) groups is 2. The van der Waals surface area contributed by atoms with Crippen molar-refractivity contribution in [3.05, 3.63) is 34.4 Å². The first-order chi connectivity index (χ1) is 18.6. The lowest BCUT2D eigenvalue weighted by molar-refractivity contribution is -0.122. The Labute approximate surface area is 249 Å². The average Bonchev–Trinajstić information content (AvgIpc) is 2.87. The minimum absolute atomic E-state index is 0.0144. The molecule has 2 aromatic rings. The van der Waals surface area contributed by atoms with Crippen LogP contribution in [0.25, 0.3) is 0 Å². The van der Waals surface area contributed by atoms with Gasteiger partial charge in [0.25, 0.3) is 15.9 Å². The summed E-state index contributed by atoms with van der Waals surface area (Å²) in [6.07, 6.45) is -1.10. The molecule has 0 fully saturated rings. The molecule has 0 saturated heterocycles. The number of amides is 2. The molecular formula is C23H33Cl2N5O7S2Si. The van der Waals surface area contributed by atoms with Crippen LogP contribution in [0.15, 0.2) is 34.3 Å². The zero-order valence-electron chi connectivity index (χ0n) is 22.9. The van der Waals surface area contributed by atoms with Crippen molar-refractivity contribution in [3.63, 3.8) is 0 Å². The number of anilines is 1. The highest BCUT2D eigenvalue weighted by atomic mass is 35.5. The van der Waals surface area contributed by atoms with Gasteiger partial charge in [-0.05, 0) is 25.1 Å². The third-order valence-electron chi connectivity index (χ3n) is 5.36. The summed E-state index contributed by atoms with van der Waals surface area (Å²) in [4.78, 5) is 31.5. The highest BCUT2D eigenvalue weighted by Gasteiger charge is 2.36. The Bertz CT molecular complexity index is 1320. The molecule has 3 N–H and O–H groups in total. The van der Waals surface area contributed by atoms with Gasteiger partial charge < -0.3 is 25.2 Å². The molecule has 0 bridgehead atoms. The van der Waals surface area contributed by atoms with Crippen LogP contribution in [0.4, 0.5) is 10.6 Å². The standard InChI is InChI=1S/C23H33Cl2N5O7S2Si/c1-14(37-10-11-40(4,5)6)30(39(34,35)17-9-7-8-15(24)19(17)25)20-22(36-3)29-18(12-27-20)38-13-16(21(31)26-2)28-23(32)33/h7-9,12,14,16,28H,10-11,13H2,1-6H3,(H,26,31)(H,32,33)/t14?,16-/m0/s1. The van der Waals surface area contributed by atoms with Crippen molar-refractivity contribution in [1.82, 2.24) is 20.6 Å². The Hall–Kier alpha value is -2.30. The van der Waals surface area contributed by atoms with Crippen LogP contribution in [0.5, 0.6) is 5.88 Å². The number of aromatic nitrogens is 2. The second-order valence-electron chi connectivity index (χ2n) is 9.60. The van der Waals surface area contributed by atoms with Crippen LogP contribution in [-0.4, -0.2) is 82.4 Å². The number of rotatable bonds is 14. The minimum atomic E-state index is -4.39. The smallest absolute Gasteiger partial charge is 0.405 e. The first-order valence-corrected chi connectivity index (χ1v) is 18.9. The van der Waals surface area contributed by atoms with Gasteiger partial charge in [0.2, 0.25) is 11.7 Å². The maximum Gasteiger partial charge on any atom is 0.405 e. The Morgan fingerprint density at radius 2 is 1.93 bits per heavy atom. The van der Waals surface area contributed by atoms with Crippen LogP contribution in [0, 0.1) is 0 Å². The first-order valence-electron chi connectivity index (χ1n) is 12.0. The van der Waals surface area contributed by atoms with Crippen LogP contribution < -0.4 is 19.7 Å². The van der Waals surface area contributed by atoms with Gasteiger partial charge in [-0.25, -0.2) is 27.5 Å². The molecule has 0 aliphatic heterocycles. The van der Waals surface area contributed by atoms with E-state index in [0.29, 0.717) is 6.61 Å². The molecule has 0 aliphatic carbocycles. The summed E-state index contributed by atoms with van der Waals surface area (Å²) in [6.45, 7) is 8.40. The second-order valence-corrected chi connectivity index (χ2v) is 18.8. The largest absolute Gasteiger partial charge is 0.478 e. The van der Waals surface area contributed by atoms with E-state index in [0.717, 1.165) is 22.1 Å². The Balaban J connectivity index is 2.51. The number of nitrogens with one attached hydrogen (secondary N) is 2. The van der Waals surface area contributed by atoms with E-state index in [9.17, 15) is 18.0 Å². The number of hydrogen-bond acceptors (Lipinski definition) is 9. The molecule has 1 aromatic carbocycles. The van der Waals surface area contributed by atoms with Crippen molar-refractivity contribution in [2.75, 3.05) is 30.8 Å². The zero-order chi connectivity index (χ0) is 30.3. The average molecular weight is 655 g/mol. The molecule has 17 heteroatoms. The fourth-order valence-electron chi connectivity index (χ4n) is 3.26. The molecule has 0 aliphatic rings. The number of benzene rings is 1. The normalized spacial score (nSPS) is 13.3. The fraction of sp³-hybridized carbons (Fsp3) is 0.478. The maximum absolute atomic E-state index is 14.0. The molecule has 0 saturated carbocycles. The second kappa shape index (κ2) is 14.5. The number of likely N-dealkylation sites (N-methyl/N-ethyl adjacent to an activating group) is 1. The third kappa shape index (κ3) is 9.11. The van der Waals surface area contributed by atoms with E-state index < -0.39 is 42.4 Å². The third-order valence-corrected chi connectivity index (χ3v) is 10.9. The van der Waals surface area contributed by atoms with E-state index in [4.69, 9.17) is 37.8 Å². The van der Waals surface area contributed by atoms with Gasteiger partial charge in [-0.15, -0.1) is 11.8 Å². The molecule has 2 atom stereocenters. The van der Waals surface area contributed by atoms with Gasteiger partial charge in [0.1, 0.15) is 22.2 Å². The monoisotopic (exact) mass is 653 g/mol. The lowest BCUT2D eigenvalue weighted by Gasteiger charge is -2.31. The molecule has 40 heavy (non-hydrogen) atoms. The maximum atomic E-state index is 14.0. The Morgan fingerprint density at radius 3 is 2.50 bits per heavy atom. The van der Waals surface area contributed by atoms with Gasteiger partial charge in [-0.1, -0.05) is 48.9 Å². The highest BCUT2D eigenvalue weighted by molar-refractivity contribution is 7.99. The van der Waals surface area contributed by atoms with Gasteiger partial charge in [0, 0.05) is 27.5 Å². The van der Waals surface area contributed by atoms with E-state index >= 15 is 0 Å². The minimum Gasteiger partial charge on any atom is -0.478 e. The number of carbonyl (C=O) groups excluding carboxylic acids is 1. The summed E-state index contributed by atoms with van der Waals surface area (Å²) in [5, 5.41) is 13.7. The summed E-state index contributed by atoms with van der Waals surface area (Å²) in [5.74, 6) is -0.851. The predicted octanol–water partition coefficient (Wildman–Crippen LogP) is 4.16. The Morgan fingerprint density at radius 1 is 1.25 bits per heavy atom. The fourth-order valence-corrected chi connectivity index (χ4v) is 7.09. The number of sulfonamides is 1. The molecule has 1 unspecified atom stereocenters. The van der Waals surface area contributed by atoms with E-state index in [2.05, 4.69) is 40.2 Å². The molecule has 0 radical (unpaired) electrons.